The van der Waals surface area contributed by atoms with Crippen molar-refractivity contribution in [2.75, 3.05) is 6.61 Å². The number of rotatable bonds is 1. The van der Waals surface area contributed by atoms with Crippen LogP contribution in [0.4, 0.5) is 0 Å². The predicted octanol–water partition coefficient (Wildman–Crippen LogP) is 5.19. The van der Waals surface area contributed by atoms with Crippen molar-refractivity contribution in [3.8, 4) is 0 Å². The van der Waals surface area contributed by atoms with Gasteiger partial charge in [0.25, 0.3) is 0 Å². The summed E-state index contributed by atoms with van der Waals surface area (Å²) in [4.78, 5) is 0. The lowest BCUT2D eigenvalue weighted by Gasteiger charge is -2.24. The number of hydrogen-bond acceptors (Lipinski definition) is 1. The molecule has 2 aliphatic carbocycles. The maximum absolute atomic E-state index is 8.81. The van der Waals surface area contributed by atoms with Gasteiger partial charge in [-0.15, -0.1) is 0 Å². The van der Waals surface area contributed by atoms with Crippen molar-refractivity contribution < 1.29 is 5.11 Å². The monoisotopic (exact) mass is 254 g/mol. The van der Waals surface area contributed by atoms with Gasteiger partial charge in [-0.3, -0.25) is 0 Å². The topological polar surface area (TPSA) is 20.2 Å². The number of aliphatic hydroxyl groups is 1. The van der Waals surface area contributed by atoms with Crippen molar-refractivity contribution in [1.82, 2.24) is 0 Å². The first-order valence-corrected chi connectivity index (χ1v) is 7.39. The maximum atomic E-state index is 8.81. The largest absolute Gasteiger partial charge is 0.396 e. The SMILES string of the molecule is C.C=C1CCC[C@@H](C)C1.C[C@@H]1CCC[C@H](CO)C1. The van der Waals surface area contributed by atoms with Crippen molar-refractivity contribution in [2.24, 2.45) is 17.8 Å². The zero-order valence-corrected chi connectivity index (χ0v) is 11.8. The highest BCUT2D eigenvalue weighted by atomic mass is 16.3. The van der Waals surface area contributed by atoms with E-state index in [9.17, 15) is 0 Å². The van der Waals surface area contributed by atoms with Crippen LogP contribution in [0.25, 0.3) is 0 Å². The second-order valence-electron chi connectivity index (χ2n) is 6.27. The Morgan fingerprint density at radius 3 is 2.17 bits per heavy atom. The van der Waals surface area contributed by atoms with E-state index in [0.29, 0.717) is 12.5 Å². The molecule has 1 N–H and O–H groups in total. The molecule has 0 bridgehead atoms. The molecule has 2 fully saturated rings. The minimum atomic E-state index is 0. The summed E-state index contributed by atoms with van der Waals surface area (Å²) in [5, 5.41) is 8.81. The highest BCUT2D eigenvalue weighted by Crippen LogP contribution is 2.27. The van der Waals surface area contributed by atoms with Crippen molar-refractivity contribution >= 4 is 0 Å². The lowest BCUT2D eigenvalue weighted by molar-refractivity contribution is 0.166. The first-order chi connectivity index (χ1) is 8.11. The summed E-state index contributed by atoms with van der Waals surface area (Å²) in [7, 11) is 0. The third kappa shape index (κ3) is 7.20. The van der Waals surface area contributed by atoms with Crippen molar-refractivity contribution in [1.29, 1.82) is 0 Å². The van der Waals surface area contributed by atoms with E-state index in [1.54, 1.807) is 0 Å². The molecule has 0 aromatic carbocycles. The molecule has 1 nitrogen and oxygen atoms in total. The van der Waals surface area contributed by atoms with Crippen LogP contribution in [0.3, 0.4) is 0 Å². The molecule has 2 saturated carbocycles. The Hall–Kier alpha value is -0.300. The van der Waals surface area contributed by atoms with E-state index in [2.05, 4.69) is 20.4 Å². The van der Waals surface area contributed by atoms with Crippen LogP contribution in [-0.2, 0) is 0 Å². The van der Waals surface area contributed by atoms with Gasteiger partial charge in [-0.05, 0) is 49.9 Å². The number of allylic oxidation sites excluding steroid dienone is 1. The minimum Gasteiger partial charge on any atom is -0.396 e. The number of hydrogen-bond donors (Lipinski definition) is 1. The van der Waals surface area contributed by atoms with Gasteiger partial charge in [-0.1, -0.05) is 52.7 Å². The molecule has 18 heavy (non-hydrogen) atoms. The maximum Gasteiger partial charge on any atom is 0.0459 e. The van der Waals surface area contributed by atoms with Crippen molar-refractivity contribution in [2.45, 2.75) is 72.6 Å². The summed E-state index contributed by atoms with van der Waals surface area (Å²) < 4.78 is 0. The Morgan fingerprint density at radius 1 is 1.11 bits per heavy atom. The van der Waals surface area contributed by atoms with Crippen LogP contribution in [0.15, 0.2) is 12.2 Å². The van der Waals surface area contributed by atoms with Crippen molar-refractivity contribution in [3.63, 3.8) is 0 Å². The third-order valence-corrected chi connectivity index (χ3v) is 4.17. The smallest absolute Gasteiger partial charge is 0.0459 e. The Morgan fingerprint density at radius 2 is 1.78 bits per heavy atom. The summed E-state index contributed by atoms with van der Waals surface area (Å²) in [6.45, 7) is 8.96. The van der Waals surface area contributed by atoms with E-state index < -0.39 is 0 Å². The summed E-state index contributed by atoms with van der Waals surface area (Å²) >= 11 is 0. The Balaban J connectivity index is 0.000000306. The highest BCUT2D eigenvalue weighted by Gasteiger charge is 2.17. The van der Waals surface area contributed by atoms with E-state index in [1.165, 1.54) is 56.9 Å². The molecule has 0 spiro atoms. The van der Waals surface area contributed by atoms with Crippen LogP contribution in [0.2, 0.25) is 0 Å². The van der Waals surface area contributed by atoms with Gasteiger partial charge in [0.05, 0.1) is 0 Å². The molecular weight excluding hydrogens is 220 g/mol. The summed E-state index contributed by atoms with van der Waals surface area (Å²) in [6.07, 6.45) is 10.5. The average Bonchev–Trinajstić information content (AvgIpc) is 2.29. The van der Waals surface area contributed by atoms with Crippen molar-refractivity contribution in [3.05, 3.63) is 12.2 Å². The van der Waals surface area contributed by atoms with E-state index >= 15 is 0 Å². The minimum absolute atomic E-state index is 0. The predicted molar refractivity (Wildman–Crippen MR) is 81.7 cm³/mol. The Bertz CT molecular complexity index is 222. The molecule has 2 rings (SSSR count). The summed E-state index contributed by atoms with van der Waals surface area (Å²) in [5.41, 5.74) is 1.46. The zero-order valence-electron chi connectivity index (χ0n) is 11.8. The van der Waals surface area contributed by atoms with Gasteiger partial charge in [0.1, 0.15) is 0 Å². The number of aliphatic hydroxyl groups excluding tert-OH is 1. The second-order valence-corrected chi connectivity index (χ2v) is 6.27. The normalized spacial score (nSPS) is 31.9. The zero-order chi connectivity index (χ0) is 12.7. The summed E-state index contributed by atoms with van der Waals surface area (Å²) in [6, 6.07) is 0. The lowest BCUT2D eigenvalue weighted by atomic mass is 9.83. The quantitative estimate of drug-likeness (QED) is 0.638. The Kier molecular flexibility index (Phi) is 9.45. The van der Waals surface area contributed by atoms with Crippen LogP contribution in [-0.4, -0.2) is 11.7 Å². The van der Waals surface area contributed by atoms with Gasteiger partial charge in [-0.2, -0.15) is 0 Å². The standard InChI is InChI=1S/C8H16O.C8H14.CH4/c1-7-3-2-4-8(5-7)6-9;1-7-4-3-5-8(2)6-7;/h7-9H,2-6H2,1H3;8H,1,3-6H2,2H3;1H4/t7-,8+;8-;/m11./s1. The van der Waals surface area contributed by atoms with Gasteiger partial charge in [-0.25, -0.2) is 0 Å². The molecule has 0 saturated heterocycles. The third-order valence-electron chi connectivity index (χ3n) is 4.17. The molecule has 0 aliphatic heterocycles. The Labute approximate surface area is 115 Å². The molecule has 0 aromatic heterocycles. The molecule has 0 aromatic rings. The molecule has 0 radical (unpaired) electrons. The molecule has 108 valence electrons. The van der Waals surface area contributed by atoms with Gasteiger partial charge < -0.3 is 5.11 Å². The van der Waals surface area contributed by atoms with Crippen LogP contribution < -0.4 is 0 Å². The van der Waals surface area contributed by atoms with Gasteiger partial charge in [0.15, 0.2) is 0 Å². The fourth-order valence-electron chi connectivity index (χ4n) is 3.12. The van der Waals surface area contributed by atoms with Crippen LogP contribution in [0, 0.1) is 17.8 Å². The molecular formula is C17H34O. The van der Waals surface area contributed by atoms with E-state index in [0.717, 1.165) is 11.8 Å². The fraction of sp³-hybridized carbons (Fsp3) is 0.882. The molecule has 3 atom stereocenters. The fourth-order valence-corrected chi connectivity index (χ4v) is 3.12. The van der Waals surface area contributed by atoms with Crippen LogP contribution in [0.1, 0.15) is 72.6 Å². The van der Waals surface area contributed by atoms with E-state index in [-0.39, 0.29) is 7.43 Å². The first-order valence-electron chi connectivity index (χ1n) is 7.39. The molecule has 2 aliphatic rings. The van der Waals surface area contributed by atoms with Crippen LogP contribution in [0.5, 0.6) is 0 Å². The van der Waals surface area contributed by atoms with Gasteiger partial charge in [0, 0.05) is 6.61 Å². The lowest BCUT2D eigenvalue weighted by Crippen LogP contribution is -2.15. The molecule has 0 unspecified atom stereocenters. The molecule has 1 heteroatoms. The second kappa shape index (κ2) is 9.61. The molecule has 0 heterocycles. The van der Waals surface area contributed by atoms with Crippen LogP contribution >= 0.6 is 0 Å². The van der Waals surface area contributed by atoms with E-state index in [1.807, 2.05) is 0 Å². The summed E-state index contributed by atoms with van der Waals surface area (Å²) in [5.74, 6) is 2.39. The average molecular weight is 254 g/mol. The van der Waals surface area contributed by atoms with E-state index in [4.69, 9.17) is 5.11 Å². The first kappa shape index (κ1) is 17.7. The highest BCUT2D eigenvalue weighted by molar-refractivity contribution is 4.98. The van der Waals surface area contributed by atoms with Gasteiger partial charge in [0.2, 0.25) is 0 Å². The van der Waals surface area contributed by atoms with Gasteiger partial charge >= 0.3 is 0 Å². The molecule has 0 amide bonds.